The highest BCUT2D eigenvalue weighted by Gasteiger charge is 2.21. The fourth-order valence-corrected chi connectivity index (χ4v) is 2.23. The number of benzene rings is 2. The maximum atomic E-state index is 13.9. The largest absolute Gasteiger partial charge is 0.378 e. The Morgan fingerprint density at radius 2 is 1.52 bits per heavy atom. The molecule has 0 heterocycles. The second-order valence-corrected chi connectivity index (χ2v) is 4.97. The van der Waals surface area contributed by atoms with Crippen molar-refractivity contribution in [2.24, 2.45) is 0 Å². The summed E-state index contributed by atoms with van der Waals surface area (Å²) in [6, 6.07) is 9.08. The van der Waals surface area contributed by atoms with E-state index < -0.39 is 23.5 Å². The number of nitrogens with zero attached hydrogens (tertiary/aromatic N) is 1. The first-order chi connectivity index (χ1) is 9.95. The van der Waals surface area contributed by atoms with Crippen molar-refractivity contribution in [3.8, 4) is 0 Å². The molecule has 0 amide bonds. The van der Waals surface area contributed by atoms with E-state index in [0.29, 0.717) is 0 Å². The van der Waals surface area contributed by atoms with Gasteiger partial charge in [0.05, 0.1) is 6.04 Å². The van der Waals surface area contributed by atoms with Crippen molar-refractivity contribution in [3.63, 3.8) is 0 Å². The molecule has 0 aliphatic heterocycles. The predicted molar refractivity (Wildman–Crippen MR) is 78.0 cm³/mol. The van der Waals surface area contributed by atoms with Gasteiger partial charge in [0, 0.05) is 25.3 Å². The van der Waals surface area contributed by atoms with E-state index in [9.17, 15) is 13.2 Å². The second kappa shape index (κ2) is 6.18. The van der Waals surface area contributed by atoms with Crippen LogP contribution in [0.4, 0.5) is 18.9 Å². The summed E-state index contributed by atoms with van der Waals surface area (Å²) in [7, 11) is 5.48. The lowest BCUT2D eigenvalue weighted by atomic mass is 9.97. The smallest absolute Gasteiger partial charge is 0.194 e. The molecular formula is C16H17F3N2. The lowest BCUT2D eigenvalue weighted by molar-refractivity contribution is 0.435. The Kier molecular flexibility index (Phi) is 4.53. The first-order valence-corrected chi connectivity index (χ1v) is 6.53. The Morgan fingerprint density at radius 3 is 2.05 bits per heavy atom. The van der Waals surface area contributed by atoms with Gasteiger partial charge in [-0.3, -0.25) is 0 Å². The van der Waals surface area contributed by atoms with E-state index in [0.717, 1.165) is 17.3 Å². The first kappa shape index (κ1) is 15.4. The van der Waals surface area contributed by atoms with Gasteiger partial charge in [0.15, 0.2) is 17.5 Å². The lowest BCUT2D eigenvalue weighted by Crippen LogP contribution is -2.20. The Morgan fingerprint density at radius 1 is 0.905 bits per heavy atom. The monoisotopic (exact) mass is 294 g/mol. The second-order valence-electron chi connectivity index (χ2n) is 4.97. The maximum absolute atomic E-state index is 13.9. The summed E-state index contributed by atoms with van der Waals surface area (Å²) in [5.74, 6) is -3.79. The van der Waals surface area contributed by atoms with Crippen molar-refractivity contribution in [2.45, 2.75) is 6.04 Å². The molecule has 2 rings (SSSR count). The van der Waals surface area contributed by atoms with Crippen LogP contribution in [0.2, 0.25) is 0 Å². The minimum absolute atomic E-state index is 0.0778. The molecular weight excluding hydrogens is 277 g/mol. The third kappa shape index (κ3) is 3.03. The van der Waals surface area contributed by atoms with Gasteiger partial charge in [0.25, 0.3) is 0 Å². The molecule has 2 aromatic carbocycles. The highest BCUT2D eigenvalue weighted by atomic mass is 19.2. The van der Waals surface area contributed by atoms with E-state index in [4.69, 9.17) is 0 Å². The molecule has 0 fully saturated rings. The first-order valence-electron chi connectivity index (χ1n) is 6.53. The maximum Gasteiger partial charge on any atom is 0.194 e. The molecule has 0 saturated heterocycles. The summed E-state index contributed by atoms with van der Waals surface area (Å²) in [4.78, 5) is 1.94. The van der Waals surface area contributed by atoms with Crippen LogP contribution >= 0.6 is 0 Å². The molecule has 0 spiro atoms. The highest BCUT2D eigenvalue weighted by molar-refractivity contribution is 5.47. The van der Waals surface area contributed by atoms with Gasteiger partial charge in [0.2, 0.25) is 0 Å². The molecule has 112 valence electrons. The Balaban J connectivity index is 2.42. The number of anilines is 1. The van der Waals surface area contributed by atoms with Crippen LogP contribution in [0.25, 0.3) is 0 Å². The summed E-state index contributed by atoms with van der Waals surface area (Å²) >= 11 is 0. The fourth-order valence-electron chi connectivity index (χ4n) is 2.23. The van der Waals surface area contributed by atoms with Crippen LogP contribution in [0.3, 0.4) is 0 Å². The van der Waals surface area contributed by atoms with Crippen LogP contribution in [0.5, 0.6) is 0 Å². The quantitative estimate of drug-likeness (QED) is 0.869. The summed E-state index contributed by atoms with van der Waals surface area (Å²) < 4.78 is 40.3. The Labute approximate surface area is 122 Å². The van der Waals surface area contributed by atoms with Gasteiger partial charge in [-0.05, 0) is 30.8 Å². The molecule has 2 nitrogen and oxygen atoms in total. The molecule has 1 N–H and O–H groups in total. The zero-order valence-electron chi connectivity index (χ0n) is 12.1. The normalized spacial score (nSPS) is 12.3. The number of halogens is 3. The third-order valence-electron chi connectivity index (χ3n) is 3.41. The summed E-state index contributed by atoms with van der Waals surface area (Å²) in [6.07, 6.45) is 0. The van der Waals surface area contributed by atoms with E-state index in [1.165, 1.54) is 6.07 Å². The molecule has 0 aliphatic rings. The number of hydrogen-bond donors (Lipinski definition) is 1. The van der Waals surface area contributed by atoms with E-state index in [2.05, 4.69) is 5.32 Å². The van der Waals surface area contributed by atoms with Gasteiger partial charge in [-0.1, -0.05) is 18.2 Å². The van der Waals surface area contributed by atoms with Gasteiger partial charge in [-0.2, -0.15) is 0 Å². The van der Waals surface area contributed by atoms with Gasteiger partial charge >= 0.3 is 0 Å². The SMILES string of the molecule is CNC(c1ccc(N(C)C)cc1)c1ccc(F)c(F)c1F. The minimum Gasteiger partial charge on any atom is -0.378 e. The summed E-state index contributed by atoms with van der Waals surface area (Å²) in [6.45, 7) is 0. The highest BCUT2D eigenvalue weighted by Crippen LogP contribution is 2.27. The van der Waals surface area contributed by atoms with Gasteiger partial charge < -0.3 is 10.2 Å². The van der Waals surface area contributed by atoms with Crippen molar-refractivity contribution in [3.05, 3.63) is 65.0 Å². The average Bonchev–Trinajstić information content (AvgIpc) is 2.48. The molecule has 0 radical (unpaired) electrons. The van der Waals surface area contributed by atoms with Crippen molar-refractivity contribution >= 4 is 5.69 Å². The lowest BCUT2D eigenvalue weighted by Gasteiger charge is -2.20. The molecule has 1 unspecified atom stereocenters. The topological polar surface area (TPSA) is 15.3 Å². The molecule has 0 aliphatic carbocycles. The standard InChI is InChI=1S/C16H17F3N2/c1-20-16(10-4-6-11(7-5-10)21(2)3)12-8-9-13(17)15(19)14(12)18/h4-9,16,20H,1-3H3. The molecule has 0 aromatic heterocycles. The predicted octanol–water partition coefficient (Wildman–Crippen LogP) is 3.48. The third-order valence-corrected chi connectivity index (χ3v) is 3.41. The van der Waals surface area contributed by atoms with Crippen molar-refractivity contribution in [1.82, 2.24) is 5.32 Å². The number of rotatable bonds is 4. The Bertz CT molecular complexity index is 624. The van der Waals surface area contributed by atoms with Crippen LogP contribution in [0, 0.1) is 17.5 Å². The molecule has 0 saturated carbocycles. The molecule has 0 bridgehead atoms. The van der Waals surface area contributed by atoms with E-state index in [1.807, 2.05) is 43.3 Å². The van der Waals surface area contributed by atoms with Gasteiger partial charge in [-0.25, -0.2) is 13.2 Å². The van der Waals surface area contributed by atoms with Crippen LogP contribution in [0.1, 0.15) is 17.2 Å². The molecule has 1 atom stereocenters. The van der Waals surface area contributed by atoms with Crippen LogP contribution in [-0.2, 0) is 0 Å². The van der Waals surface area contributed by atoms with Crippen LogP contribution in [0.15, 0.2) is 36.4 Å². The zero-order valence-corrected chi connectivity index (χ0v) is 12.1. The average molecular weight is 294 g/mol. The molecule has 5 heteroatoms. The van der Waals surface area contributed by atoms with E-state index in [-0.39, 0.29) is 5.56 Å². The van der Waals surface area contributed by atoms with E-state index in [1.54, 1.807) is 7.05 Å². The van der Waals surface area contributed by atoms with Crippen LogP contribution in [-0.4, -0.2) is 21.1 Å². The van der Waals surface area contributed by atoms with E-state index >= 15 is 0 Å². The van der Waals surface area contributed by atoms with Crippen molar-refractivity contribution in [1.29, 1.82) is 0 Å². The fraction of sp³-hybridized carbons (Fsp3) is 0.250. The number of nitrogens with one attached hydrogen (secondary N) is 1. The van der Waals surface area contributed by atoms with Crippen LogP contribution < -0.4 is 10.2 Å². The number of hydrogen-bond acceptors (Lipinski definition) is 2. The summed E-state index contributed by atoms with van der Waals surface area (Å²) in [5.41, 5.74) is 1.85. The summed E-state index contributed by atoms with van der Waals surface area (Å²) in [5, 5.41) is 2.93. The van der Waals surface area contributed by atoms with Crippen molar-refractivity contribution < 1.29 is 13.2 Å². The molecule has 2 aromatic rings. The minimum atomic E-state index is -1.45. The van der Waals surface area contributed by atoms with Gasteiger partial charge in [-0.15, -0.1) is 0 Å². The van der Waals surface area contributed by atoms with Crippen molar-refractivity contribution in [2.75, 3.05) is 26.0 Å². The van der Waals surface area contributed by atoms with Gasteiger partial charge in [0.1, 0.15) is 0 Å². The Hall–Kier alpha value is -2.01. The zero-order chi connectivity index (χ0) is 15.6. The molecule has 21 heavy (non-hydrogen) atoms.